The molecule has 0 heterocycles. The van der Waals surface area contributed by atoms with Crippen molar-refractivity contribution in [1.29, 1.82) is 0 Å². The zero-order chi connectivity index (χ0) is 24.0. The van der Waals surface area contributed by atoms with Crippen LogP contribution in [0.15, 0.2) is 77.7 Å². The first-order valence-corrected chi connectivity index (χ1v) is 11.9. The summed E-state index contributed by atoms with van der Waals surface area (Å²) >= 11 is 0. The molecule has 0 spiro atoms. The largest absolute Gasteiger partial charge is 0.465 e. The Bertz CT molecular complexity index is 1260. The minimum atomic E-state index is -4.01. The molecule has 3 aromatic carbocycles. The molecule has 0 saturated carbocycles. The lowest BCUT2D eigenvalue weighted by Crippen LogP contribution is -2.38. The van der Waals surface area contributed by atoms with Crippen LogP contribution in [0.4, 0.5) is 11.4 Å². The number of esters is 1. The number of rotatable bonds is 8. The summed E-state index contributed by atoms with van der Waals surface area (Å²) in [5, 5.41) is 2.74. The van der Waals surface area contributed by atoms with E-state index in [0.29, 0.717) is 17.8 Å². The van der Waals surface area contributed by atoms with Crippen LogP contribution in [0.2, 0.25) is 0 Å². The van der Waals surface area contributed by atoms with Crippen LogP contribution in [0.1, 0.15) is 28.4 Å². The number of methoxy groups -OCH3 is 1. The minimum Gasteiger partial charge on any atom is -0.465 e. The fraction of sp³-hybridized carbons (Fsp3) is 0.200. The van der Waals surface area contributed by atoms with Crippen molar-refractivity contribution in [2.45, 2.75) is 25.2 Å². The van der Waals surface area contributed by atoms with Crippen molar-refractivity contribution in [3.8, 4) is 0 Å². The molecular weight excluding hydrogens is 440 g/mol. The first-order valence-electron chi connectivity index (χ1n) is 10.4. The number of para-hydroxylation sites is 1. The molecule has 0 radical (unpaired) electrons. The molecule has 0 aliphatic carbocycles. The van der Waals surface area contributed by atoms with E-state index in [1.165, 1.54) is 25.3 Å². The zero-order valence-corrected chi connectivity index (χ0v) is 19.6. The van der Waals surface area contributed by atoms with E-state index in [0.717, 1.165) is 15.4 Å². The SMILES string of the molecule is CCc1ccccc1N(CC(=O)Nc1cc(C(=O)OC)ccc1C)S(=O)(=O)c1ccccc1. The first kappa shape index (κ1) is 24.0. The number of hydrogen-bond donors (Lipinski definition) is 1. The van der Waals surface area contributed by atoms with Gasteiger partial charge in [0.2, 0.25) is 5.91 Å². The van der Waals surface area contributed by atoms with Crippen molar-refractivity contribution in [3.63, 3.8) is 0 Å². The molecule has 0 aliphatic rings. The molecule has 0 bridgehead atoms. The number of ether oxygens (including phenoxy) is 1. The molecule has 0 saturated heterocycles. The van der Waals surface area contributed by atoms with Gasteiger partial charge in [0, 0.05) is 5.69 Å². The van der Waals surface area contributed by atoms with Crippen LogP contribution in [0, 0.1) is 6.92 Å². The van der Waals surface area contributed by atoms with E-state index in [2.05, 4.69) is 5.32 Å². The van der Waals surface area contributed by atoms with Crippen molar-refractivity contribution >= 4 is 33.3 Å². The summed E-state index contributed by atoms with van der Waals surface area (Å²) in [6.45, 7) is 3.27. The van der Waals surface area contributed by atoms with Crippen LogP contribution in [-0.4, -0.2) is 33.9 Å². The van der Waals surface area contributed by atoms with Crippen molar-refractivity contribution in [1.82, 2.24) is 0 Å². The maximum atomic E-state index is 13.5. The normalized spacial score (nSPS) is 11.0. The second-order valence-corrected chi connectivity index (χ2v) is 9.24. The molecule has 0 unspecified atom stereocenters. The summed E-state index contributed by atoms with van der Waals surface area (Å²) in [5.74, 6) is -1.07. The molecule has 1 N–H and O–H groups in total. The third-order valence-corrected chi connectivity index (χ3v) is 6.97. The summed E-state index contributed by atoms with van der Waals surface area (Å²) in [6, 6.07) is 19.9. The van der Waals surface area contributed by atoms with Crippen LogP contribution < -0.4 is 9.62 Å². The monoisotopic (exact) mass is 466 g/mol. The van der Waals surface area contributed by atoms with E-state index in [4.69, 9.17) is 4.74 Å². The third kappa shape index (κ3) is 5.40. The van der Waals surface area contributed by atoms with Gasteiger partial charge in [0.05, 0.1) is 23.3 Å². The van der Waals surface area contributed by atoms with Crippen LogP contribution >= 0.6 is 0 Å². The van der Waals surface area contributed by atoms with Gasteiger partial charge in [0.15, 0.2) is 0 Å². The predicted molar refractivity (Wildman–Crippen MR) is 128 cm³/mol. The topological polar surface area (TPSA) is 92.8 Å². The molecule has 172 valence electrons. The molecule has 0 fully saturated rings. The Morgan fingerprint density at radius 1 is 0.970 bits per heavy atom. The number of benzene rings is 3. The molecule has 3 rings (SSSR count). The van der Waals surface area contributed by atoms with Crippen molar-refractivity contribution in [2.75, 3.05) is 23.3 Å². The number of nitrogens with zero attached hydrogens (tertiary/aromatic N) is 1. The smallest absolute Gasteiger partial charge is 0.337 e. The lowest BCUT2D eigenvalue weighted by molar-refractivity contribution is -0.114. The van der Waals surface area contributed by atoms with E-state index in [1.54, 1.807) is 49.4 Å². The zero-order valence-electron chi connectivity index (χ0n) is 18.7. The maximum absolute atomic E-state index is 13.5. The molecular formula is C25H26N2O5S. The van der Waals surface area contributed by atoms with Gasteiger partial charge in [-0.05, 0) is 54.8 Å². The molecule has 3 aromatic rings. The molecule has 0 aromatic heterocycles. The fourth-order valence-electron chi connectivity index (χ4n) is 3.39. The average Bonchev–Trinajstić information content (AvgIpc) is 2.83. The quantitative estimate of drug-likeness (QED) is 0.503. The van der Waals surface area contributed by atoms with Crippen molar-refractivity contribution < 1.29 is 22.7 Å². The summed E-state index contributed by atoms with van der Waals surface area (Å²) in [6.07, 6.45) is 0.596. The standard InChI is InChI=1S/C25H26N2O5S/c1-4-19-10-8-9-13-23(19)27(33(30,31)21-11-6-5-7-12-21)17-24(28)26-22-16-20(25(29)32-3)15-14-18(22)2/h5-16H,4,17H2,1-3H3,(H,26,28). The minimum absolute atomic E-state index is 0.0903. The number of aryl methyl sites for hydroxylation is 2. The van der Waals surface area contributed by atoms with Crippen molar-refractivity contribution in [2.24, 2.45) is 0 Å². The third-order valence-electron chi connectivity index (χ3n) is 5.19. The number of amides is 1. The number of nitrogens with one attached hydrogen (secondary N) is 1. The van der Waals surface area contributed by atoms with Crippen LogP contribution in [0.5, 0.6) is 0 Å². The summed E-state index contributed by atoms with van der Waals surface area (Å²) in [7, 11) is -2.74. The lowest BCUT2D eigenvalue weighted by atomic mass is 10.1. The van der Waals surface area contributed by atoms with Crippen LogP contribution in [0.25, 0.3) is 0 Å². The van der Waals surface area contributed by atoms with Gasteiger partial charge in [-0.3, -0.25) is 9.10 Å². The number of carbonyl (C=O) groups excluding carboxylic acids is 2. The van der Waals surface area contributed by atoms with E-state index in [1.807, 2.05) is 19.1 Å². The highest BCUT2D eigenvalue weighted by atomic mass is 32.2. The molecule has 0 aliphatic heterocycles. The molecule has 0 atom stereocenters. The predicted octanol–water partition coefficient (Wildman–Crippen LogP) is 4.18. The lowest BCUT2D eigenvalue weighted by Gasteiger charge is -2.26. The number of carbonyl (C=O) groups is 2. The molecule has 33 heavy (non-hydrogen) atoms. The van der Waals surface area contributed by atoms with E-state index < -0.39 is 28.4 Å². The highest BCUT2D eigenvalue weighted by Gasteiger charge is 2.28. The molecule has 1 amide bonds. The van der Waals surface area contributed by atoms with Gasteiger partial charge in [-0.2, -0.15) is 0 Å². The number of hydrogen-bond acceptors (Lipinski definition) is 5. The summed E-state index contributed by atoms with van der Waals surface area (Å²) < 4.78 is 32.9. The van der Waals surface area contributed by atoms with Gasteiger partial charge in [0.1, 0.15) is 6.54 Å². The van der Waals surface area contributed by atoms with Crippen LogP contribution in [-0.2, 0) is 26.0 Å². The second kappa shape index (κ2) is 10.3. The first-order chi connectivity index (χ1) is 15.8. The summed E-state index contributed by atoms with van der Waals surface area (Å²) in [5.41, 5.74) is 2.65. The number of sulfonamides is 1. The Labute approximate surface area is 194 Å². The van der Waals surface area contributed by atoms with Crippen molar-refractivity contribution in [3.05, 3.63) is 89.5 Å². The Hall–Kier alpha value is -3.65. The highest BCUT2D eigenvalue weighted by molar-refractivity contribution is 7.92. The maximum Gasteiger partial charge on any atom is 0.337 e. The number of anilines is 2. The van der Waals surface area contributed by atoms with Gasteiger partial charge in [-0.25, -0.2) is 13.2 Å². The Kier molecular flexibility index (Phi) is 7.50. The van der Waals surface area contributed by atoms with E-state index in [-0.39, 0.29) is 10.5 Å². The van der Waals surface area contributed by atoms with Crippen LogP contribution in [0.3, 0.4) is 0 Å². The molecule has 8 heteroatoms. The van der Waals surface area contributed by atoms with Gasteiger partial charge >= 0.3 is 5.97 Å². The summed E-state index contributed by atoms with van der Waals surface area (Å²) in [4.78, 5) is 25.0. The van der Waals surface area contributed by atoms with Gasteiger partial charge in [0.25, 0.3) is 10.0 Å². The fourth-order valence-corrected chi connectivity index (χ4v) is 4.87. The second-order valence-electron chi connectivity index (χ2n) is 7.38. The van der Waals surface area contributed by atoms with E-state index >= 15 is 0 Å². The Balaban J connectivity index is 1.98. The Morgan fingerprint density at radius 2 is 1.64 bits per heavy atom. The van der Waals surface area contributed by atoms with Gasteiger partial charge in [-0.15, -0.1) is 0 Å². The van der Waals surface area contributed by atoms with Gasteiger partial charge < -0.3 is 10.1 Å². The molecule has 7 nitrogen and oxygen atoms in total. The Morgan fingerprint density at radius 3 is 2.30 bits per heavy atom. The average molecular weight is 467 g/mol. The highest BCUT2D eigenvalue weighted by Crippen LogP contribution is 2.28. The van der Waals surface area contributed by atoms with Gasteiger partial charge in [-0.1, -0.05) is 49.4 Å². The van der Waals surface area contributed by atoms with E-state index in [9.17, 15) is 18.0 Å².